The number of aliphatic hydroxyl groups is 1. The summed E-state index contributed by atoms with van der Waals surface area (Å²) in [5.74, 6) is 0.238. The van der Waals surface area contributed by atoms with Crippen LogP contribution in [0.15, 0.2) is 24.3 Å². The van der Waals surface area contributed by atoms with Crippen LogP contribution in [0.4, 0.5) is 4.39 Å². The van der Waals surface area contributed by atoms with Crippen LogP contribution in [0.1, 0.15) is 25.0 Å². The molecule has 0 bridgehead atoms. The fourth-order valence-corrected chi connectivity index (χ4v) is 3.17. The van der Waals surface area contributed by atoms with Crippen LogP contribution >= 0.6 is 11.6 Å². The highest BCUT2D eigenvalue weighted by atomic mass is 35.5. The lowest BCUT2D eigenvalue weighted by Crippen LogP contribution is -2.34. The Bertz CT molecular complexity index is 735. The molecule has 23 heavy (non-hydrogen) atoms. The van der Waals surface area contributed by atoms with E-state index in [4.69, 9.17) is 16.3 Å². The fraction of sp³-hybridized carbons (Fsp3) is 0.389. The molecule has 2 atom stereocenters. The van der Waals surface area contributed by atoms with Gasteiger partial charge in [-0.25, -0.2) is 9.37 Å². The van der Waals surface area contributed by atoms with Gasteiger partial charge in [-0.15, -0.1) is 0 Å². The molecule has 0 spiro atoms. The minimum atomic E-state index is -0.311. The molecule has 0 amide bonds. The summed E-state index contributed by atoms with van der Waals surface area (Å²) in [5.41, 5.74) is 3.00. The van der Waals surface area contributed by atoms with Crippen molar-refractivity contribution >= 4 is 11.6 Å². The number of aryl methyl sites for hydroxylation is 1. The zero-order chi connectivity index (χ0) is 16.6. The van der Waals surface area contributed by atoms with Gasteiger partial charge in [0, 0.05) is 11.1 Å². The molecule has 1 aliphatic heterocycles. The Hall–Kier alpha value is -1.65. The third-order valence-corrected chi connectivity index (χ3v) is 4.58. The standard InChI is InChI=1S/C18H19ClFNO2/c1-3-11-4-5-12(15(20)7-11)13-8-17(19)21-18-14(13)6-10(2)16(9-22)23-18/h4-5,7-8,10,16,22H,3,6,9H2,1-2H3. The van der Waals surface area contributed by atoms with Gasteiger partial charge in [0.2, 0.25) is 5.88 Å². The molecule has 2 heterocycles. The Morgan fingerprint density at radius 2 is 2.13 bits per heavy atom. The molecule has 1 aromatic heterocycles. The minimum absolute atomic E-state index is 0.0797. The molecular weight excluding hydrogens is 317 g/mol. The van der Waals surface area contributed by atoms with E-state index in [1.807, 2.05) is 19.9 Å². The van der Waals surface area contributed by atoms with E-state index in [0.717, 1.165) is 17.5 Å². The quantitative estimate of drug-likeness (QED) is 0.861. The number of fused-ring (bicyclic) bond motifs is 1. The molecular formula is C18H19ClFNO2. The van der Waals surface area contributed by atoms with Crippen LogP contribution in [0, 0.1) is 11.7 Å². The predicted octanol–water partition coefficient (Wildman–Crippen LogP) is 4.04. The Morgan fingerprint density at radius 1 is 1.35 bits per heavy atom. The van der Waals surface area contributed by atoms with Crippen molar-refractivity contribution in [3.05, 3.63) is 46.4 Å². The van der Waals surface area contributed by atoms with Crippen LogP contribution in [0.2, 0.25) is 5.15 Å². The van der Waals surface area contributed by atoms with Crippen LogP contribution in [-0.2, 0) is 12.8 Å². The summed E-state index contributed by atoms with van der Waals surface area (Å²) in [5, 5.41) is 9.65. The molecule has 3 nitrogen and oxygen atoms in total. The van der Waals surface area contributed by atoms with Crippen molar-refractivity contribution < 1.29 is 14.2 Å². The number of rotatable bonds is 3. The highest BCUT2D eigenvalue weighted by Crippen LogP contribution is 2.39. The molecule has 0 fully saturated rings. The summed E-state index contributed by atoms with van der Waals surface area (Å²) in [7, 11) is 0. The third kappa shape index (κ3) is 3.06. The fourth-order valence-electron chi connectivity index (χ4n) is 2.98. The molecule has 2 aromatic rings. The largest absolute Gasteiger partial charge is 0.471 e. The first-order valence-electron chi connectivity index (χ1n) is 7.79. The summed E-state index contributed by atoms with van der Waals surface area (Å²) >= 11 is 6.09. The first kappa shape index (κ1) is 16.2. The van der Waals surface area contributed by atoms with Crippen LogP contribution < -0.4 is 4.74 Å². The number of aliphatic hydroxyl groups excluding tert-OH is 1. The SMILES string of the molecule is CCc1ccc(-c2cc(Cl)nc3c2CC(C)C(CO)O3)c(F)c1. The second kappa shape index (κ2) is 6.46. The Balaban J connectivity index is 2.12. The van der Waals surface area contributed by atoms with Crippen molar-refractivity contribution in [2.24, 2.45) is 5.92 Å². The third-order valence-electron chi connectivity index (χ3n) is 4.39. The number of aromatic nitrogens is 1. The normalized spacial score (nSPS) is 20.0. The van der Waals surface area contributed by atoms with E-state index in [-0.39, 0.29) is 29.6 Å². The molecule has 1 aliphatic rings. The molecule has 0 aliphatic carbocycles. The Morgan fingerprint density at radius 3 is 2.78 bits per heavy atom. The smallest absolute Gasteiger partial charge is 0.218 e. The zero-order valence-electron chi connectivity index (χ0n) is 13.1. The molecule has 0 saturated heterocycles. The van der Waals surface area contributed by atoms with E-state index in [1.165, 1.54) is 0 Å². The maximum absolute atomic E-state index is 14.5. The van der Waals surface area contributed by atoms with Crippen LogP contribution in [0.25, 0.3) is 11.1 Å². The van der Waals surface area contributed by atoms with Crippen molar-refractivity contribution in [3.63, 3.8) is 0 Å². The number of ether oxygens (including phenoxy) is 1. The van der Waals surface area contributed by atoms with Crippen molar-refractivity contribution in [1.82, 2.24) is 4.98 Å². The lowest BCUT2D eigenvalue weighted by Gasteiger charge is -2.31. The lowest BCUT2D eigenvalue weighted by atomic mass is 9.89. The van der Waals surface area contributed by atoms with Crippen LogP contribution in [-0.4, -0.2) is 22.8 Å². The second-order valence-electron chi connectivity index (χ2n) is 5.96. The van der Waals surface area contributed by atoms with Gasteiger partial charge in [0.15, 0.2) is 0 Å². The summed E-state index contributed by atoms with van der Waals surface area (Å²) < 4.78 is 20.3. The van der Waals surface area contributed by atoms with E-state index in [2.05, 4.69) is 4.98 Å². The van der Waals surface area contributed by atoms with E-state index in [1.54, 1.807) is 18.2 Å². The van der Waals surface area contributed by atoms with Gasteiger partial charge in [0.25, 0.3) is 0 Å². The summed E-state index contributed by atoms with van der Waals surface area (Å²) in [6, 6.07) is 6.94. The van der Waals surface area contributed by atoms with Gasteiger partial charge in [-0.3, -0.25) is 0 Å². The predicted molar refractivity (Wildman–Crippen MR) is 88.4 cm³/mol. The molecule has 0 radical (unpaired) electrons. The van der Waals surface area contributed by atoms with Gasteiger partial charge < -0.3 is 9.84 Å². The van der Waals surface area contributed by atoms with Crippen molar-refractivity contribution in [2.45, 2.75) is 32.8 Å². The summed E-state index contributed by atoms with van der Waals surface area (Å²) in [6.45, 7) is 3.91. The topological polar surface area (TPSA) is 42.4 Å². The first-order chi connectivity index (χ1) is 11.0. The highest BCUT2D eigenvalue weighted by molar-refractivity contribution is 6.29. The van der Waals surface area contributed by atoms with Gasteiger partial charge in [-0.2, -0.15) is 0 Å². The average molecular weight is 336 g/mol. The first-order valence-corrected chi connectivity index (χ1v) is 8.17. The molecule has 3 rings (SSSR count). The van der Waals surface area contributed by atoms with Gasteiger partial charge >= 0.3 is 0 Å². The van der Waals surface area contributed by atoms with Gasteiger partial charge in [0.1, 0.15) is 17.1 Å². The lowest BCUT2D eigenvalue weighted by molar-refractivity contribution is 0.0565. The number of hydrogen-bond donors (Lipinski definition) is 1. The maximum Gasteiger partial charge on any atom is 0.218 e. The molecule has 5 heteroatoms. The number of halogens is 2. The van der Waals surface area contributed by atoms with E-state index >= 15 is 0 Å². The van der Waals surface area contributed by atoms with Crippen LogP contribution in [0.3, 0.4) is 0 Å². The number of hydrogen-bond acceptors (Lipinski definition) is 3. The second-order valence-corrected chi connectivity index (χ2v) is 6.35. The van der Waals surface area contributed by atoms with Gasteiger partial charge in [-0.05, 0) is 42.0 Å². The molecule has 122 valence electrons. The van der Waals surface area contributed by atoms with Crippen molar-refractivity contribution in [2.75, 3.05) is 6.61 Å². The molecule has 1 aromatic carbocycles. The molecule has 0 saturated carbocycles. The summed E-state index contributed by atoms with van der Waals surface area (Å²) in [6.07, 6.45) is 1.13. The molecule has 1 N–H and O–H groups in total. The van der Waals surface area contributed by atoms with Gasteiger partial charge in [-0.1, -0.05) is 37.6 Å². The summed E-state index contributed by atoms with van der Waals surface area (Å²) in [4.78, 5) is 4.21. The van der Waals surface area contributed by atoms with E-state index in [9.17, 15) is 9.50 Å². The molecule has 2 unspecified atom stereocenters. The minimum Gasteiger partial charge on any atom is -0.471 e. The average Bonchev–Trinajstić information content (AvgIpc) is 2.54. The van der Waals surface area contributed by atoms with Crippen LogP contribution in [0.5, 0.6) is 5.88 Å². The zero-order valence-corrected chi connectivity index (χ0v) is 13.9. The Kier molecular flexibility index (Phi) is 4.55. The van der Waals surface area contributed by atoms with Gasteiger partial charge in [0.05, 0.1) is 6.61 Å². The maximum atomic E-state index is 14.5. The number of benzene rings is 1. The number of nitrogens with zero attached hydrogens (tertiary/aromatic N) is 1. The van der Waals surface area contributed by atoms with Crippen molar-refractivity contribution in [3.8, 4) is 17.0 Å². The van der Waals surface area contributed by atoms with E-state index in [0.29, 0.717) is 23.4 Å². The highest BCUT2D eigenvalue weighted by Gasteiger charge is 2.30. The van der Waals surface area contributed by atoms with Crippen molar-refractivity contribution in [1.29, 1.82) is 0 Å². The monoisotopic (exact) mass is 335 g/mol. The van der Waals surface area contributed by atoms with E-state index < -0.39 is 0 Å². The Labute approximate surface area is 140 Å². The number of pyridine rings is 1.